The first kappa shape index (κ1) is 18.0. The third-order valence-electron chi connectivity index (χ3n) is 3.17. The highest BCUT2D eigenvalue weighted by Crippen LogP contribution is 2.28. The minimum absolute atomic E-state index is 0.0127. The Labute approximate surface area is 148 Å². The van der Waals surface area contributed by atoms with E-state index in [9.17, 15) is 14.7 Å². The summed E-state index contributed by atoms with van der Waals surface area (Å²) in [4.78, 5) is 27.7. The van der Waals surface area contributed by atoms with Crippen molar-refractivity contribution in [1.82, 2.24) is 4.98 Å². The topological polar surface area (TPSA) is 88.5 Å². The molecule has 0 spiro atoms. The van der Waals surface area contributed by atoms with Gasteiger partial charge in [-0.25, -0.2) is 9.78 Å². The number of hydrogen-bond donors (Lipinski definition) is 2. The Hall–Kier alpha value is -2.31. The zero-order valence-corrected chi connectivity index (χ0v) is 14.4. The van der Waals surface area contributed by atoms with E-state index in [1.807, 2.05) is 0 Å². The molecule has 6 nitrogen and oxygen atoms in total. The first-order valence-electron chi connectivity index (χ1n) is 6.86. The van der Waals surface area contributed by atoms with Crippen LogP contribution in [0.15, 0.2) is 24.4 Å². The van der Waals surface area contributed by atoms with E-state index in [0.717, 1.165) is 5.56 Å². The number of phenols is 1. The third kappa shape index (κ3) is 4.15. The number of aromatic hydroxyl groups is 1. The van der Waals surface area contributed by atoms with E-state index >= 15 is 0 Å². The van der Waals surface area contributed by atoms with Crippen LogP contribution in [0, 0.1) is 13.8 Å². The fourth-order valence-electron chi connectivity index (χ4n) is 1.83. The first-order chi connectivity index (χ1) is 11.3. The van der Waals surface area contributed by atoms with Crippen LogP contribution in [0.4, 0.5) is 5.82 Å². The van der Waals surface area contributed by atoms with Crippen LogP contribution in [0.2, 0.25) is 10.0 Å². The molecule has 0 saturated heterocycles. The van der Waals surface area contributed by atoms with Gasteiger partial charge in [-0.2, -0.15) is 0 Å². The van der Waals surface area contributed by atoms with Crippen molar-refractivity contribution >= 4 is 40.9 Å². The molecule has 1 aromatic carbocycles. The van der Waals surface area contributed by atoms with Crippen molar-refractivity contribution in [3.8, 4) is 5.75 Å². The molecule has 0 saturated carbocycles. The van der Waals surface area contributed by atoms with Crippen molar-refractivity contribution in [3.63, 3.8) is 0 Å². The van der Waals surface area contributed by atoms with Gasteiger partial charge in [-0.05, 0) is 31.5 Å². The monoisotopic (exact) mass is 368 g/mol. The summed E-state index contributed by atoms with van der Waals surface area (Å²) in [5.74, 6) is -1.52. The van der Waals surface area contributed by atoms with Crippen molar-refractivity contribution in [2.45, 2.75) is 13.8 Å². The number of anilines is 1. The highest BCUT2D eigenvalue weighted by Gasteiger charge is 2.16. The van der Waals surface area contributed by atoms with Gasteiger partial charge in [-0.3, -0.25) is 4.79 Å². The van der Waals surface area contributed by atoms with Crippen LogP contribution in [0.3, 0.4) is 0 Å². The maximum absolute atomic E-state index is 11.9. The number of hydrogen-bond acceptors (Lipinski definition) is 5. The molecule has 126 valence electrons. The zero-order chi connectivity index (χ0) is 17.9. The number of aryl methyl sites for hydroxylation is 1. The largest absolute Gasteiger partial charge is 0.507 e. The van der Waals surface area contributed by atoms with E-state index in [-0.39, 0.29) is 22.2 Å². The molecular formula is C16H14Cl2N2O4. The van der Waals surface area contributed by atoms with Gasteiger partial charge < -0.3 is 15.2 Å². The minimum atomic E-state index is -0.808. The molecule has 0 radical (unpaired) electrons. The predicted molar refractivity (Wildman–Crippen MR) is 90.8 cm³/mol. The molecule has 1 amide bonds. The fourth-order valence-corrected chi connectivity index (χ4v) is 2.22. The van der Waals surface area contributed by atoms with Gasteiger partial charge >= 0.3 is 5.97 Å². The smallest absolute Gasteiger partial charge is 0.342 e. The quantitative estimate of drug-likeness (QED) is 0.806. The van der Waals surface area contributed by atoms with Crippen LogP contribution in [-0.2, 0) is 9.53 Å². The SMILES string of the molecule is Cc1ccc(O)c(C(=O)OCC(=O)Nc2ncc(Cl)c(C)c2Cl)c1. The number of phenolic OH excluding ortho intramolecular Hbond substituents is 1. The molecular weight excluding hydrogens is 355 g/mol. The van der Waals surface area contributed by atoms with E-state index < -0.39 is 18.5 Å². The molecule has 0 aliphatic heterocycles. The number of pyridine rings is 1. The van der Waals surface area contributed by atoms with E-state index in [0.29, 0.717) is 10.6 Å². The number of carbonyl (C=O) groups excluding carboxylic acids is 2. The summed E-state index contributed by atoms with van der Waals surface area (Å²) in [6, 6.07) is 4.50. The molecule has 0 aliphatic rings. The Morgan fingerprint density at radius 3 is 2.71 bits per heavy atom. The van der Waals surface area contributed by atoms with Gasteiger partial charge in [-0.15, -0.1) is 0 Å². The van der Waals surface area contributed by atoms with Crippen LogP contribution in [0.1, 0.15) is 21.5 Å². The second-order valence-electron chi connectivity index (χ2n) is 5.04. The van der Waals surface area contributed by atoms with Gasteiger partial charge in [0, 0.05) is 6.20 Å². The lowest BCUT2D eigenvalue weighted by Crippen LogP contribution is -2.21. The van der Waals surface area contributed by atoms with Crippen LogP contribution >= 0.6 is 23.2 Å². The van der Waals surface area contributed by atoms with Crippen molar-refractivity contribution in [2.75, 3.05) is 11.9 Å². The van der Waals surface area contributed by atoms with Gasteiger partial charge in [0.05, 0.1) is 10.0 Å². The molecule has 0 bridgehead atoms. The Morgan fingerprint density at radius 2 is 2.00 bits per heavy atom. The van der Waals surface area contributed by atoms with Crippen LogP contribution in [0.25, 0.3) is 0 Å². The molecule has 8 heteroatoms. The summed E-state index contributed by atoms with van der Waals surface area (Å²) in [7, 11) is 0. The second kappa shape index (κ2) is 7.51. The Bertz CT molecular complexity index is 809. The lowest BCUT2D eigenvalue weighted by atomic mass is 10.1. The maximum atomic E-state index is 11.9. The minimum Gasteiger partial charge on any atom is -0.507 e. The number of halogens is 2. The molecule has 0 unspecified atom stereocenters. The zero-order valence-electron chi connectivity index (χ0n) is 12.9. The molecule has 2 rings (SSSR count). The Kier molecular flexibility index (Phi) is 5.64. The van der Waals surface area contributed by atoms with E-state index in [4.69, 9.17) is 27.9 Å². The summed E-state index contributed by atoms with van der Waals surface area (Å²) in [5.41, 5.74) is 1.34. The number of nitrogens with zero attached hydrogens (tertiary/aromatic N) is 1. The van der Waals surface area contributed by atoms with Crippen LogP contribution in [-0.4, -0.2) is 28.6 Å². The van der Waals surface area contributed by atoms with Gasteiger partial charge in [0.1, 0.15) is 11.3 Å². The average Bonchev–Trinajstić information content (AvgIpc) is 2.55. The van der Waals surface area contributed by atoms with Crippen LogP contribution < -0.4 is 5.32 Å². The lowest BCUT2D eigenvalue weighted by Gasteiger charge is -2.10. The number of amides is 1. The molecule has 0 fully saturated rings. The predicted octanol–water partition coefficient (Wildman–Crippen LogP) is 3.51. The Balaban J connectivity index is 2.00. The second-order valence-corrected chi connectivity index (χ2v) is 5.82. The fraction of sp³-hybridized carbons (Fsp3) is 0.188. The molecule has 1 aromatic heterocycles. The van der Waals surface area contributed by atoms with E-state index in [1.165, 1.54) is 18.3 Å². The summed E-state index contributed by atoms with van der Waals surface area (Å²) < 4.78 is 4.88. The van der Waals surface area contributed by atoms with E-state index in [2.05, 4.69) is 10.3 Å². The number of aromatic nitrogens is 1. The summed E-state index contributed by atoms with van der Waals surface area (Å²) in [6.45, 7) is 2.90. The highest BCUT2D eigenvalue weighted by atomic mass is 35.5. The van der Waals surface area contributed by atoms with Gasteiger partial charge in [-0.1, -0.05) is 34.8 Å². The number of ether oxygens (including phenoxy) is 1. The number of carbonyl (C=O) groups is 2. The van der Waals surface area contributed by atoms with Gasteiger partial charge in [0.25, 0.3) is 5.91 Å². The van der Waals surface area contributed by atoms with Crippen LogP contribution in [0.5, 0.6) is 5.75 Å². The molecule has 24 heavy (non-hydrogen) atoms. The maximum Gasteiger partial charge on any atom is 0.342 e. The molecule has 0 aliphatic carbocycles. The summed E-state index contributed by atoms with van der Waals surface area (Å²) in [5, 5.41) is 12.7. The number of esters is 1. The highest BCUT2D eigenvalue weighted by molar-refractivity contribution is 6.37. The number of benzene rings is 1. The molecule has 2 aromatic rings. The third-order valence-corrected chi connectivity index (χ3v) is 4.01. The average molecular weight is 369 g/mol. The molecule has 1 heterocycles. The summed E-state index contributed by atoms with van der Waals surface area (Å²) in [6.07, 6.45) is 1.36. The summed E-state index contributed by atoms with van der Waals surface area (Å²) >= 11 is 11.9. The number of nitrogens with one attached hydrogen (secondary N) is 1. The van der Waals surface area contributed by atoms with E-state index in [1.54, 1.807) is 19.9 Å². The molecule has 2 N–H and O–H groups in total. The van der Waals surface area contributed by atoms with Gasteiger partial charge in [0.15, 0.2) is 12.4 Å². The van der Waals surface area contributed by atoms with Gasteiger partial charge in [0.2, 0.25) is 0 Å². The normalized spacial score (nSPS) is 10.3. The van der Waals surface area contributed by atoms with Crippen molar-refractivity contribution in [2.24, 2.45) is 0 Å². The standard InChI is InChI=1S/C16H14Cl2N2O4/c1-8-3-4-12(21)10(5-8)16(23)24-7-13(22)20-15-14(18)9(2)11(17)6-19-15/h3-6,21H,7H2,1-2H3,(H,19,20,22). The Morgan fingerprint density at radius 1 is 1.29 bits per heavy atom. The lowest BCUT2D eigenvalue weighted by molar-refractivity contribution is -0.119. The van der Waals surface area contributed by atoms with Crippen molar-refractivity contribution in [1.29, 1.82) is 0 Å². The molecule has 0 atom stereocenters. The van der Waals surface area contributed by atoms with Crippen molar-refractivity contribution in [3.05, 3.63) is 51.1 Å². The first-order valence-corrected chi connectivity index (χ1v) is 7.62. The van der Waals surface area contributed by atoms with Crippen molar-refractivity contribution < 1.29 is 19.4 Å². The number of rotatable bonds is 4.